The lowest BCUT2D eigenvalue weighted by Gasteiger charge is -2.38. The number of aromatic nitrogens is 2. The van der Waals surface area contributed by atoms with Crippen LogP contribution in [0.3, 0.4) is 0 Å². The molecule has 234 valence electrons. The molecule has 3 aromatic rings. The Hall–Kier alpha value is -4.09. The number of hydrogen-bond acceptors (Lipinski definition) is 5. The summed E-state index contributed by atoms with van der Waals surface area (Å²) in [7, 11) is 0. The smallest absolute Gasteiger partial charge is 0.337 e. The predicted molar refractivity (Wildman–Crippen MR) is 151 cm³/mol. The van der Waals surface area contributed by atoms with Gasteiger partial charge in [-0.15, -0.1) is 0 Å². The molecule has 2 aromatic heterocycles. The Labute approximate surface area is 247 Å². The number of piperidine rings is 1. The second kappa shape index (κ2) is 15.9. The van der Waals surface area contributed by atoms with Gasteiger partial charge >= 0.3 is 12.4 Å². The quantitative estimate of drug-likeness (QED) is 0.278. The Morgan fingerprint density at radius 2 is 1.37 bits per heavy atom. The maximum Gasteiger partial charge on any atom is 0.417 e. The number of carbonyl (C=O) groups excluding carboxylic acids is 3. The molecule has 3 heterocycles. The van der Waals surface area contributed by atoms with E-state index < -0.39 is 23.5 Å². The standard InChI is InChI=1S/C21H24F3N3O.C8H7F3.2CH2O/c1-20(2,3)15-6-10-27(11-7-15)19(28)18-17(14-4-8-25-9-5-14)12-16(13-26-18)21(22,23)24;1-6-3-2-4-7(5-6)8(9,10)11;2*1-2/h4-5,8-9,12-13,15H,6-7,10-11H2,1-3H3;2-5H,1H3;2*1H2. The Balaban J connectivity index is 0.000000514. The molecular formula is C31H35F6N3O3. The van der Waals surface area contributed by atoms with E-state index in [1.54, 1.807) is 30.0 Å². The second-order valence-electron chi connectivity index (χ2n) is 10.7. The van der Waals surface area contributed by atoms with Gasteiger partial charge in [0.1, 0.15) is 19.3 Å². The summed E-state index contributed by atoms with van der Waals surface area (Å²) in [6.07, 6.45) is -3.29. The van der Waals surface area contributed by atoms with Crippen molar-refractivity contribution in [1.29, 1.82) is 0 Å². The molecule has 0 spiro atoms. The largest absolute Gasteiger partial charge is 0.417 e. The molecule has 1 amide bonds. The Morgan fingerprint density at radius 3 is 1.81 bits per heavy atom. The number of nitrogens with zero attached hydrogens (tertiary/aromatic N) is 3. The molecule has 0 atom stereocenters. The van der Waals surface area contributed by atoms with Crippen LogP contribution in [0.4, 0.5) is 26.3 Å². The minimum atomic E-state index is -4.53. The normalized spacial score (nSPS) is 13.8. The van der Waals surface area contributed by atoms with Crippen molar-refractivity contribution in [1.82, 2.24) is 14.9 Å². The average molecular weight is 612 g/mol. The fourth-order valence-electron chi connectivity index (χ4n) is 4.46. The first-order valence-corrected chi connectivity index (χ1v) is 13.1. The van der Waals surface area contributed by atoms with Crippen LogP contribution in [0.5, 0.6) is 0 Å². The minimum absolute atomic E-state index is 0.0495. The van der Waals surface area contributed by atoms with Crippen molar-refractivity contribution in [2.75, 3.05) is 13.1 Å². The summed E-state index contributed by atoms with van der Waals surface area (Å²) in [6, 6.07) is 9.39. The van der Waals surface area contributed by atoms with Gasteiger partial charge in [0, 0.05) is 37.2 Å². The van der Waals surface area contributed by atoms with Crippen LogP contribution in [0, 0.1) is 18.3 Å². The zero-order valence-electron chi connectivity index (χ0n) is 24.4. The predicted octanol–water partition coefficient (Wildman–Crippen LogP) is 7.70. The number of hydrogen-bond donors (Lipinski definition) is 0. The lowest BCUT2D eigenvalue weighted by Crippen LogP contribution is -2.41. The molecule has 0 N–H and O–H groups in total. The van der Waals surface area contributed by atoms with Crippen LogP contribution in [0.25, 0.3) is 11.1 Å². The summed E-state index contributed by atoms with van der Waals surface area (Å²) in [4.78, 5) is 38.6. The van der Waals surface area contributed by atoms with Crippen molar-refractivity contribution in [2.45, 2.75) is 52.9 Å². The molecule has 1 aliphatic heterocycles. The number of pyridine rings is 2. The maximum atomic E-state index is 13.2. The molecule has 1 aromatic carbocycles. The van der Waals surface area contributed by atoms with Gasteiger partial charge in [-0.05, 0) is 60.9 Å². The van der Waals surface area contributed by atoms with Crippen LogP contribution in [-0.4, -0.2) is 47.4 Å². The number of halogens is 6. The third kappa shape index (κ3) is 10.9. The summed E-state index contributed by atoms with van der Waals surface area (Å²) >= 11 is 0. The van der Waals surface area contributed by atoms with Crippen molar-refractivity contribution in [3.8, 4) is 11.1 Å². The van der Waals surface area contributed by atoms with E-state index in [2.05, 4.69) is 30.7 Å². The molecule has 43 heavy (non-hydrogen) atoms. The van der Waals surface area contributed by atoms with Gasteiger partial charge in [-0.3, -0.25) is 9.78 Å². The van der Waals surface area contributed by atoms with Crippen molar-refractivity contribution in [3.05, 3.63) is 83.4 Å². The lowest BCUT2D eigenvalue weighted by molar-refractivity contribution is -0.138. The van der Waals surface area contributed by atoms with E-state index in [1.165, 1.54) is 18.5 Å². The monoisotopic (exact) mass is 611 g/mol. The molecular weight excluding hydrogens is 576 g/mol. The van der Waals surface area contributed by atoms with Crippen LogP contribution in [0.15, 0.2) is 61.1 Å². The van der Waals surface area contributed by atoms with E-state index in [-0.39, 0.29) is 22.6 Å². The van der Waals surface area contributed by atoms with Crippen LogP contribution in [0.2, 0.25) is 0 Å². The highest BCUT2D eigenvalue weighted by molar-refractivity contribution is 5.99. The van der Waals surface area contributed by atoms with E-state index >= 15 is 0 Å². The zero-order valence-corrected chi connectivity index (χ0v) is 24.4. The number of benzene rings is 1. The first-order valence-electron chi connectivity index (χ1n) is 13.1. The van der Waals surface area contributed by atoms with Gasteiger partial charge in [-0.1, -0.05) is 44.5 Å². The van der Waals surface area contributed by atoms with Crippen LogP contribution >= 0.6 is 0 Å². The number of likely N-dealkylation sites (tertiary alicyclic amines) is 1. The average Bonchev–Trinajstić information content (AvgIpc) is 2.98. The minimum Gasteiger partial charge on any atom is -0.337 e. The summed E-state index contributed by atoms with van der Waals surface area (Å²) in [5.74, 6) is 0.185. The lowest BCUT2D eigenvalue weighted by atomic mass is 9.75. The topological polar surface area (TPSA) is 80.2 Å². The second-order valence-corrected chi connectivity index (χ2v) is 10.7. The molecule has 1 aliphatic rings. The molecule has 4 rings (SSSR count). The number of carbonyl (C=O) groups is 3. The number of amides is 1. The van der Waals surface area contributed by atoms with E-state index in [1.807, 2.05) is 13.6 Å². The summed E-state index contributed by atoms with van der Waals surface area (Å²) < 4.78 is 75.4. The molecule has 0 radical (unpaired) electrons. The fraction of sp³-hybridized carbons (Fsp3) is 0.387. The summed E-state index contributed by atoms with van der Waals surface area (Å²) in [5.41, 5.74) is 0.0546. The molecule has 1 saturated heterocycles. The van der Waals surface area contributed by atoms with Gasteiger partial charge in [0.15, 0.2) is 0 Å². The van der Waals surface area contributed by atoms with E-state index in [9.17, 15) is 31.1 Å². The molecule has 0 saturated carbocycles. The van der Waals surface area contributed by atoms with Crippen LogP contribution in [0.1, 0.15) is 60.8 Å². The SMILES string of the molecule is C=O.C=O.CC(C)(C)C1CCN(C(=O)c2ncc(C(F)(F)F)cc2-c2ccncc2)CC1.Cc1cccc(C(F)(F)F)c1. The van der Waals surface area contributed by atoms with Crippen molar-refractivity contribution >= 4 is 19.5 Å². The van der Waals surface area contributed by atoms with Gasteiger partial charge in [-0.25, -0.2) is 4.98 Å². The van der Waals surface area contributed by atoms with Crippen LogP contribution < -0.4 is 0 Å². The number of alkyl halides is 6. The Kier molecular flexibility index (Phi) is 13.7. The van der Waals surface area contributed by atoms with Crippen molar-refractivity contribution in [3.63, 3.8) is 0 Å². The van der Waals surface area contributed by atoms with E-state index in [0.29, 0.717) is 30.1 Å². The van der Waals surface area contributed by atoms with Gasteiger partial charge in [0.25, 0.3) is 5.91 Å². The zero-order chi connectivity index (χ0) is 33.0. The molecule has 0 aliphatic carbocycles. The summed E-state index contributed by atoms with van der Waals surface area (Å²) in [6.45, 7) is 13.4. The molecule has 0 bridgehead atoms. The summed E-state index contributed by atoms with van der Waals surface area (Å²) in [5, 5.41) is 0. The number of aryl methyl sites for hydroxylation is 1. The first kappa shape index (κ1) is 36.9. The molecule has 0 unspecified atom stereocenters. The molecule has 6 nitrogen and oxygen atoms in total. The van der Waals surface area contributed by atoms with Crippen molar-refractivity contribution in [2.24, 2.45) is 11.3 Å². The van der Waals surface area contributed by atoms with Crippen molar-refractivity contribution < 1.29 is 40.7 Å². The van der Waals surface area contributed by atoms with E-state index in [0.717, 1.165) is 37.2 Å². The van der Waals surface area contributed by atoms with Gasteiger partial charge < -0.3 is 14.5 Å². The highest BCUT2D eigenvalue weighted by Crippen LogP contribution is 2.36. The highest BCUT2D eigenvalue weighted by atomic mass is 19.4. The third-order valence-corrected chi connectivity index (χ3v) is 6.76. The maximum absolute atomic E-state index is 13.2. The first-order chi connectivity index (χ1) is 20.1. The van der Waals surface area contributed by atoms with Gasteiger partial charge in [0.2, 0.25) is 0 Å². The fourth-order valence-corrected chi connectivity index (χ4v) is 4.46. The molecule has 12 heteroatoms. The molecule has 1 fully saturated rings. The third-order valence-electron chi connectivity index (χ3n) is 6.76. The van der Waals surface area contributed by atoms with Gasteiger partial charge in [-0.2, -0.15) is 26.3 Å². The Morgan fingerprint density at radius 1 is 0.837 bits per heavy atom. The van der Waals surface area contributed by atoms with Gasteiger partial charge in [0.05, 0.1) is 11.1 Å². The van der Waals surface area contributed by atoms with Crippen LogP contribution in [-0.2, 0) is 21.9 Å². The Bertz CT molecular complexity index is 1300. The van der Waals surface area contributed by atoms with E-state index in [4.69, 9.17) is 9.59 Å². The highest BCUT2D eigenvalue weighted by Gasteiger charge is 2.35. The number of rotatable bonds is 2.